The molecule has 0 saturated heterocycles. The average molecular weight is 309 g/mol. The van der Waals surface area contributed by atoms with Crippen LogP contribution >= 0.6 is 0 Å². The zero-order chi connectivity index (χ0) is 16.1. The lowest BCUT2D eigenvalue weighted by molar-refractivity contribution is 0.0917. The topological polar surface area (TPSA) is 77.2 Å². The van der Waals surface area contributed by atoms with Crippen molar-refractivity contribution in [2.75, 3.05) is 7.11 Å². The molecule has 3 rings (SSSR count). The van der Waals surface area contributed by atoms with E-state index in [0.29, 0.717) is 12.4 Å². The van der Waals surface area contributed by atoms with Gasteiger partial charge in [0.2, 0.25) is 5.89 Å². The lowest BCUT2D eigenvalue weighted by atomic mass is 10.2. The SMILES string of the molecule is COc1ccc(CNC(=O)c2nnc(-c3ccccc3)o2)cc1. The molecule has 0 spiro atoms. The summed E-state index contributed by atoms with van der Waals surface area (Å²) in [5.41, 5.74) is 1.72. The van der Waals surface area contributed by atoms with E-state index in [1.807, 2.05) is 54.6 Å². The maximum Gasteiger partial charge on any atom is 0.309 e. The van der Waals surface area contributed by atoms with Gasteiger partial charge in [-0.2, -0.15) is 0 Å². The van der Waals surface area contributed by atoms with Crippen molar-refractivity contribution < 1.29 is 13.9 Å². The van der Waals surface area contributed by atoms with Gasteiger partial charge in [0.1, 0.15) is 5.75 Å². The first-order valence-corrected chi connectivity index (χ1v) is 7.06. The number of methoxy groups -OCH3 is 1. The molecular formula is C17H15N3O3. The lowest BCUT2D eigenvalue weighted by Crippen LogP contribution is -2.23. The van der Waals surface area contributed by atoms with E-state index >= 15 is 0 Å². The average Bonchev–Trinajstić information content (AvgIpc) is 3.11. The summed E-state index contributed by atoms with van der Waals surface area (Å²) < 4.78 is 10.5. The number of carbonyl (C=O) groups is 1. The summed E-state index contributed by atoms with van der Waals surface area (Å²) in [7, 11) is 1.61. The molecule has 0 aliphatic rings. The van der Waals surface area contributed by atoms with Crippen LogP contribution in [0.4, 0.5) is 0 Å². The van der Waals surface area contributed by atoms with Crippen molar-refractivity contribution in [3.05, 3.63) is 66.1 Å². The van der Waals surface area contributed by atoms with Crippen molar-refractivity contribution in [3.8, 4) is 17.2 Å². The molecule has 6 nitrogen and oxygen atoms in total. The molecule has 2 aromatic carbocycles. The van der Waals surface area contributed by atoms with Crippen LogP contribution in [0.25, 0.3) is 11.5 Å². The van der Waals surface area contributed by atoms with Gasteiger partial charge in [-0.1, -0.05) is 30.3 Å². The van der Waals surface area contributed by atoms with Gasteiger partial charge in [0, 0.05) is 12.1 Å². The van der Waals surface area contributed by atoms with Crippen molar-refractivity contribution >= 4 is 5.91 Å². The van der Waals surface area contributed by atoms with Gasteiger partial charge in [-0.3, -0.25) is 4.79 Å². The van der Waals surface area contributed by atoms with E-state index in [-0.39, 0.29) is 5.89 Å². The second-order valence-corrected chi connectivity index (χ2v) is 4.81. The standard InChI is InChI=1S/C17H15N3O3/c1-22-14-9-7-12(8-10-14)11-18-15(21)17-20-19-16(23-17)13-5-3-2-4-6-13/h2-10H,11H2,1H3,(H,18,21). The van der Waals surface area contributed by atoms with E-state index in [2.05, 4.69) is 15.5 Å². The minimum absolute atomic E-state index is 0.0580. The lowest BCUT2D eigenvalue weighted by Gasteiger charge is -2.04. The Balaban J connectivity index is 1.63. The summed E-state index contributed by atoms with van der Waals surface area (Å²) in [6.07, 6.45) is 0. The summed E-state index contributed by atoms with van der Waals surface area (Å²) in [5, 5.41) is 10.4. The summed E-state index contributed by atoms with van der Waals surface area (Å²) >= 11 is 0. The highest BCUT2D eigenvalue weighted by molar-refractivity contribution is 5.89. The quantitative estimate of drug-likeness (QED) is 0.784. The zero-order valence-corrected chi connectivity index (χ0v) is 12.5. The van der Waals surface area contributed by atoms with E-state index in [1.165, 1.54) is 0 Å². The molecule has 1 aromatic heterocycles. The van der Waals surface area contributed by atoms with Gasteiger partial charge in [-0.15, -0.1) is 10.2 Å². The highest BCUT2D eigenvalue weighted by Gasteiger charge is 2.15. The van der Waals surface area contributed by atoms with E-state index in [4.69, 9.17) is 9.15 Å². The van der Waals surface area contributed by atoms with E-state index in [0.717, 1.165) is 16.9 Å². The molecule has 1 heterocycles. The van der Waals surface area contributed by atoms with Crippen LogP contribution in [0, 0.1) is 0 Å². The Hall–Kier alpha value is -3.15. The first-order chi connectivity index (χ1) is 11.3. The molecule has 0 unspecified atom stereocenters. The first kappa shape index (κ1) is 14.8. The molecule has 3 aromatic rings. The number of hydrogen-bond donors (Lipinski definition) is 1. The Morgan fingerprint density at radius 3 is 2.52 bits per heavy atom. The summed E-state index contributed by atoms with van der Waals surface area (Å²) in [6, 6.07) is 16.7. The van der Waals surface area contributed by atoms with E-state index in [1.54, 1.807) is 7.11 Å². The predicted octanol–water partition coefficient (Wildman–Crippen LogP) is 2.68. The number of carbonyl (C=O) groups excluding carboxylic acids is 1. The van der Waals surface area contributed by atoms with Crippen LogP contribution in [0.2, 0.25) is 0 Å². The van der Waals surface area contributed by atoms with E-state index < -0.39 is 5.91 Å². The maximum absolute atomic E-state index is 12.1. The number of nitrogens with zero attached hydrogens (tertiary/aromatic N) is 2. The summed E-state index contributed by atoms with van der Waals surface area (Å²) in [5.74, 6) is 0.623. The Bertz CT molecular complexity index is 782. The predicted molar refractivity (Wildman–Crippen MR) is 83.9 cm³/mol. The van der Waals surface area contributed by atoms with Crippen LogP contribution in [-0.4, -0.2) is 23.2 Å². The number of benzene rings is 2. The smallest absolute Gasteiger partial charge is 0.309 e. The number of ether oxygens (including phenoxy) is 1. The molecule has 1 amide bonds. The Morgan fingerprint density at radius 2 is 1.83 bits per heavy atom. The van der Waals surface area contributed by atoms with Crippen LogP contribution in [0.15, 0.2) is 59.0 Å². The summed E-state index contributed by atoms with van der Waals surface area (Å²) in [4.78, 5) is 12.1. The number of nitrogens with one attached hydrogen (secondary N) is 1. The molecular weight excluding hydrogens is 294 g/mol. The number of hydrogen-bond acceptors (Lipinski definition) is 5. The number of aromatic nitrogens is 2. The molecule has 0 bridgehead atoms. The monoisotopic (exact) mass is 309 g/mol. The van der Waals surface area contributed by atoms with Crippen molar-refractivity contribution in [1.29, 1.82) is 0 Å². The number of amides is 1. The minimum Gasteiger partial charge on any atom is -0.497 e. The number of rotatable bonds is 5. The van der Waals surface area contributed by atoms with Crippen LogP contribution in [0.1, 0.15) is 16.2 Å². The van der Waals surface area contributed by atoms with Gasteiger partial charge in [-0.25, -0.2) is 0 Å². The van der Waals surface area contributed by atoms with Crippen LogP contribution in [0.3, 0.4) is 0 Å². The van der Waals surface area contributed by atoms with Gasteiger partial charge in [0.05, 0.1) is 7.11 Å². The van der Waals surface area contributed by atoms with Crippen LogP contribution in [-0.2, 0) is 6.54 Å². The molecule has 0 radical (unpaired) electrons. The van der Waals surface area contributed by atoms with Gasteiger partial charge in [0.25, 0.3) is 0 Å². The van der Waals surface area contributed by atoms with Crippen LogP contribution < -0.4 is 10.1 Å². The summed E-state index contributed by atoms with van der Waals surface area (Å²) in [6.45, 7) is 0.367. The third-order valence-electron chi connectivity index (χ3n) is 3.25. The second kappa shape index (κ2) is 6.74. The molecule has 0 aliphatic carbocycles. The van der Waals surface area contributed by atoms with Gasteiger partial charge in [0.15, 0.2) is 0 Å². The largest absolute Gasteiger partial charge is 0.497 e. The molecule has 23 heavy (non-hydrogen) atoms. The Kier molecular flexibility index (Phi) is 4.33. The Labute approximate surface area is 133 Å². The molecule has 0 saturated carbocycles. The third kappa shape index (κ3) is 3.55. The Morgan fingerprint density at radius 1 is 1.09 bits per heavy atom. The highest BCUT2D eigenvalue weighted by atomic mass is 16.5. The van der Waals surface area contributed by atoms with Crippen molar-refractivity contribution in [2.24, 2.45) is 0 Å². The highest BCUT2D eigenvalue weighted by Crippen LogP contribution is 2.17. The first-order valence-electron chi connectivity index (χ1n) is 7.06. The minimum atomic E-state index is -0.407. The maximum atomic E-state index is 12.1. The fourth-order valence-corrected chi connectivity index (χ4v) is 2.01. The van der Waals surface area contributed by atoms with Gasteiger partial charge in [-0.05, 0) is 29.8 Å². The molecule has 0 aliphatic heterocycles. The van der Waals surface area contributed by atoms with Crippen molar-refractivity contribution in [3.63, 3.8) is 0 Å². The fourth-order valence-electron chi connectivity index (χ4n) is 2.01. The molecule has 1 N–H and O–H groups in total. The van der Waals surface area contributed by atoms with Gasteiger partial charge < -0.3 is 14.5 Å². The molecule has 6 heteroatoms. The van der Waals surface area contributed by atoms with E-state index in [9.17, 15) is 4.79 Å². The second-order valence-electron chi connectivity index (χ2n) is 4.81. The van der Waals surface area contributed by atoms with Crippen molar-refractivity contribution in [2.45, 2.75) is 6.54 Å². The van der Waals surface area contributed by atoms with Crippen LogP contribution in [0.5, 0.6) is 5.75 Å². The molecule has 0 atom stereocenters. The van der Waals surface area contributed by atoms with Crippen molar-refractivity contribution in [1.82, 2.24) is 15.5 Å². The fraction of sp³-hybridized carbons (Fsp3) is 0.118. The van der Waals surface area contributed by atoms with Gasteiger partial charge >= 0.3 is 11.8 Å². The normalized spacial score (nSPS) is 10.3. The third-order valence-corrected chi connectivity index (χ3v) is 3.25. The molecule has 116 valence electrons. The zero-order valence-electron chi connectivity index (χ0n) is 12.5. The molecule has 0 fully saturated rings.